The topological polar surface area (TPSA) is 148 Å². The molecule has 10 nitrogen and oxygen atoms in total. The van der Waals surface area contributed by atoms with Gasteiger partial charge in [0.25, 0.3) is 0 Å². The van der Waals surface area contributed by atoms with E-state index in [2.05, 4.69) is 6.58 Å². The van der Waals surface area contributed by atoms with Crippen LogP contribution in [-0.4, -0.2) is 83.9 Å². The number of hydrogen-bond donors (Lipinski definition) is 2. The lowest BCUT2D eigenvalue weighted by Crippen LogP contribution is -2.85. The molecule has 11 heteroatoms. The standard InChI is InChI=1S/C28H39NO9S/c1-5-39(35,36)29-12-9-16(10-13-29)24(33)38-23-17-6-7-18-26-14-37-28(34,27(18,23)21(31)15(17)2)22(32)20(26)25(3,4)11-8-19(26)30/h16-18,20,22-23,32,34H,2,5-14H2,1,3-4H3/t17-,18-,20+,22-,23+,26+,27-,28+/m0/s1. The molecule has 0 radical (unpaired) electrons. The molecule has 3 aliphatic heterocycles. The summed E-state index contributed by atoms with van der Waals surface area (Å²) in [6, 6.07) is 0. The van der Waals surface area contributed by atoms with Crippen LogP contribution in [0.15, 0.2) is 12.2 Å². The van der Waals surface area contributed by atoms with E-state index < -0.39 is 79.7 Å². The number of hydrogen-bond acceptors (Lipinski definition) is 9. The predicted molar refractivity (Wildman–Crippen MR) is 137 cm³/mol. The Hall–Kier alpha value is -1.66. The van der Waals surface area contributed by atoms with Gasteiger partial charge in [0.2, 0.25) is 15.8 Å². The zero-order valence-electron chi connectivity index (χ0n) is 22.8. The summed E-state index contributed by atoms with van der Waals surface area (Å²) >= 11 is 0. The van der Waals surface area contributed by atoms with Crippen LogP contribution in [0.25, 0.3) is 0 Å². The SMILES string of the molecule is C=C1C(=O)[C@]23[C@H](OC(=O)C4CCN(S(=O)(=O)CC)CC4)[C@H]1CC[C@H]2[C@@]12CO[C@]3(O)[C@@H](O)[C@@H]1C(C)(C)CCC2=O. The number of esters is 1. The molecule has 4 bridgehead atoms. The summed E-state index contributed by atoms with van der Waals surface area (Å²) in [5, 5.41) is 24.0. The van der Waals surface area contributed by atoms with E-state index >= 15 is 0 Å². The van der Waals surface area contributed by atoms with Gasteiger partial charge in [0.1, 0.15) is 23.4 Å². The lowest BCUT2D eigenvalue weighted by Gasteiger charge is -2.73. The first-order chi connectivity index (χ1) is 18.2. The van der Waals surface area contributed by atoms with Crippen LogP contribution >= 0.6 is 0 Å². The van der Waals surface area contributed by atoms with Crippen molar-refractivity contribution in [2.45, 2.75) is 77.3 Å². The van der Waals surface area contributed by atoms with Crippen LogP contribution in [0.1, 0.15) is 59.3 Å². The van der Waals surface area contributed by atoms with Gasteiger partial charge in [0, 0.05) is 31.3 Å². The Bertz CT molecular complexity index is 1250. The molecule has 8 atom stereocenters. The van der Waals surface area contributed by atoms with Crippen LogP contribution in [-0.2, 0) is 33.9 Å². The third-order valence-electron chi connectivity index (χ3n) is 11.4. The minimum atomic E-state index is -3.37. The van der Waals surface area contributed by atoms with Gasteiger partial charge in [-0.25, -0.2) is 12.7 Å². The number of ketones is 2. The largest absolute Gasteiger partial charge is 0.460 e. The fraction of sp³-hybridized carbons (Fsp3) is 0.821. The van der Waals surface area contributed by atoms with Gasteiger partial charge >= 0.3 is 5.97 Å². The number of aliphatic hydroxyl groups is 2. The predicted octanol–water partition coefficient (Wildman–Crippen LogP) is 1.20. The lowest BCUT2D eigenvalue weighted by atomic mass is 9.36. The number of piperidine rings is 1. The summed E-state index contributed by atoms with van der Waals surface area (Å²) in [6.07, 6.45) is -0.335. The lowest BCUT2D eigenvalue weighted by molar-refractivity contribution is -0.437. The first-order valence-corrected chi connectivity index (χ1v) is 15.8. The van der Waals surface area contributed by atoms with E-state index in [0.717, 1.165) is 0 Å². The molecule has 0 aromatic carbocycles. The minimum absolute atomic E-state index is 0.0147. The molecule has 0 unspecified atom stereocenters. The van der Waals surface area contributed by atoms with Crippen molar-refractivity contribution in [3.8, 4) is 0 Å². The van der Waals surface area contributed by atoms with E-state index in [1.54, 1.807) is 6.92 Å². The molecule has 39 heavy (non-hydrogen) atoms. The average molecular weight is 566 g/mol. The highest BCUT2D eigenvalue weighted by Crippen LogP contribution is 2.76. The van der Waals surface area contributed by atoms with Crippen LogP contribution < -0.4 is 0 Å². The van der Waals surface area contributed by atoms with Gasteiger partial charge in [0.15, 0.2) is 5.78 Å². The van der Waals surface area contributed by atoms with Crippen molar-refractivity contribution < 1.29 is 42.5 Å². The second-order valence-electron chi connectivity index (χ2n) is 13.3. The molecule has 4 aliphatic carbocycles. The maximum Gasteiger partial charge on any atom is 0.309 e. The monoisotopic (exact) mass is 565 g/mol. The highest BCUT2D eigenvalue weighted by molar-refractivity contribution is 7.89. The van der Waals surface area contributed by atoms with E-state index in [-0.39, 0.29) is 56.1 Å². The van der Waals surface area contributed by atoms with Gasteiger partial charge in [-0.3, -0.25) is 14.4 Å². The van der Waals surface area contributed by atoms with Crippen LogP contribution in [0.2, 0.25) is 0 Å². The van der Waals surface area contributed by atoms with Gasteiger partial charge in [0.05, 0.1) is 23.7 Å². The summed E-state index contributed by atoms with van der Waals surface area (Å²) in [5.41, 5.74) is -3.26. The summed E-state index contributed by atoms with van der Waals surface area (Å²) in [5.74, 6) is -5.89. The number of carbonyl (C=O) groups excluding carboxylic acids is 3. The molecule has 2 spiro atoms. The number of aliphatic hydroxyl groups excluding tert-OH is 1. The number of ether oxygens (including phenoxy) is 2. The smallest absolute Gasteiger partial charge is 0.309 e. The normalized spacial score (nSPS) is 45.7. The molecule has 3 heterocycles. The van der Waals surface area contributed by atoms with Crippen molar-refractivity contribution in [1.82, 2.24) is 4.31 Å². The fourth-order valence-electron chi connectivity index (χ4n) is 9.54. The van der Waals surface area contributed by atoms with Crippen molar-refractivity contribution >= 4 is 27.6 Å². The molecule has 216 valence electrons. The van der Waals surface area contributed by atoms with Crippen LogP contribution in [0.3, 0.4) is 0 Å². The fourth-order valence-corrected chi connectivity index (χ4v) is 10.7. The third-order valence-corrected chi connectivity index (χ3v) is 13.3. The molecule has 0 amide bonds. The van der Waals surface area contributed by atoms with Gasteiger partial charge < -0.3 is 19.7 Å². The maximum absolute atomic E-state index is 14.2. The molecular weight excluding hydrogens is 526 g/mol. The minimum Gasteiger partial charge on any atom is -0.460 e. The van der Waals surface area contributed by atoms with Crippen LogP contribution in [0.5, 0.6) is 0 Å². The summed E-state index contributed by atoms with van der Waals surface area (Å²) in [7, 11) is -3.37. The molecule has 7 aliphatic rings. The zero-order valence-corrected chi connectivity index (χ0v) is 23.7. The first kappa shape index (κ1) is 27.5. The quantitative estimate of drug-likeness (QED) is 0.379. The second-order valence-corrected chi connectivity index (χ2v) is 15.5. The van der Waals surface area contributed by atoms with Crippen LogP contribution in [0.4, 0.5) is 0 Å². The number of Topliss-reactive ketones (excluding diaryl/α,β-unsaturated/α-hetero) is 2. The van der Waals surface area contributed by atoms with E-state index in [1.165, 1.54) is 4.31 Å². The number of nitrogens with zero attached hydrogens (tertiary/aromatic N) is 1. The molecular formula is C28H39NO9S. The average Bonchev–Trinajstić information content (AvgIpc) is 3.01. The van der Waals surface area contributed by atoms with Crippen LogP contribution in [0, 0.1) is 39.9 Å². The number of rotatable bonds is 4. The highest BCUT2D eigenvalue weighted by atomic mass is 32.2. The highest BCUT2D eigenvalue weighted by Gasteiger charge is 2.88. The van der Waals surface area contributed by atoms with E-state index in [0.29, 0.717) is 19.3 Å². The van der Waals surface area contributed by atoms with Crippen molar-refractivity contribution in [2.75, 3.05) is 25.4 Å². The van der Waals surface area contributed by atoms with Gasteiger partial charge in [-0.1, -0.05) is 20.4 Å². The Labute approximate surface area is 229 Å². The second kappa shape index (κ2) is 8.44. The van der Waals surface area contributed by atoms with Crippen molar-refractivity contribution in [3.63, 3.8) is 0 Å². The van der Waals surface area contributed by atoms with E-state index in [4.69, 9.17) is 9.47 Å². The summed E-state index contributed by atoms with van der Waals surface area (Å²) in [4.78, 5) is 41.5. The van der Waals surface area contributed by atoms with Gasteiger partial charge in [-0.15, -0.1) is 0 Å². The van der Waals surface area contributed by atoms with Gasteiger partial charge in [-0.05, 0) is 55.9 Å². The first-order valence-electron chi connectivity index (χ1n) is 14.2. The molecule has 2 N–H and O–H groups in total. The van der Waals surface area contributed by atoms with E-state index in [1.807, 2.05) is 13.8 Å². The van der Waals surface area contributed by atoms with E-state index in [9.17, 15) is 33.0 Å². The number of carbonyl (C=O) groups is 3. The molecule has 7 fully saturated rings. The molecule has 0 aromatic heterocycles. The third kappa shape index (κ3) is 3.17. The summed E-state index contributed by atoms with van der Waals surface area (Å²) < 4.78 is 38.0. The molecule has 7 rings (SSSR count). The molecule has 3 saturated heterocycles. The number of fused-ring (bicyclic) bond motifs is 2. The molecule has 0 aromatic rings. The van der Waals surface area contributed by atoms with Gasteiger partial charge in [-0.2, -0.15) is 0 Å². The Morgan fingerprint density at radius 3 is 2.49 bits per heavy atom. The van der Waals surface area contributed by atoms with Crippen molar-refractivity contribution in [3.05, 3.63) is 12.2 Å². The Balaban J connectivity index is 1.38. The Kier molecular flexibility index (Phi) is 5.95. The Morgan fingerprint density at radius 1 is 1.18 bits per heavy atom. The zero-order chi connectivity index (χ0) is 28.3. The molecule has 4 saturated carbocycles. The maximum atomic E-state index is 14.2. The van der Waals surface area contributed by atoms with Crippen molar-refractivity contribution in [2.24, 2.45) is 39.9 Å². The Morgan fingerprint density at radius 2 is 1.85 bits per heavy atom. The summed E-state index contributed by atoms with van der Waals surface area (Å²) in [6.45, 7) is 9.87. The number of sulfonamides is 1. The van der Waals surface area contributed by atoms with Crippen molar-refractivity contribution in [1.29, 1.82) is 0 Å².